The lowest BCUT2D eigenvalue weighted by atomic mass is 9.92. The lowest BCUT2D eigenvalue weighted by Crippen LogP contribution is -2.53. The predicted octanol–water partition coefficient (Wildman–Crippen LogP) is 6.45. The Balaban J connectivity index is 1.13. The van der Waals surface area contributed by atoms with Crippen LogP contribution in [0.4, 0.5) is 4.79 Å². The van der Waals surface area contributed by atoms with Crippen molar-refractivity contribution in [2.45, 2.75) is 102 Å². The van der Waals surface area contributed by atoms with Crippen molar-refractivity contribution in [3.8, 4) is 0 Å². The number of nitrogens with zero attached hydrogens (tertiary/aromatic N) is 4. The zero-order valence-corrected chi connectivity index (χ0v) is 24.5. The highest BCUT2D eigenvalue weighted by molar-refractivity contribution is 7.16. The average Bonchev–Trinajstić information content (AvgIpc) is 3.21. The minimum atomic E-state index is -0.506. The van der Waals surface area contributed by atoms with E-state index in [-0.39, 0.29) is 35.5 Å². The summed E-state index contributed by atoms with van der Waals surface area (Å²) in [6.45, 7) is 9.97. The van der Waals surface area contributed by atoms with Gasteiger partial charge in [0.1, 0.15) is 16.3 Å². The van der Waals surface area contributed by atoms with Crippen molar-refractivity contribution in [2.24, 2.45) is 0 Å². The standard InChI is InChI=1S/C31H38N4O3S/c1-18-32-26(24-13-14-39-27(24)33-18)25-17-31(25,5)20-9-7-19(8-10-20)28(36)34(6)23-15-21-11-12-22(16-23)35(21)29(37)38-30(2,3)4/h7-10,13-14,21-23,25H,11-12,15-17H2,1-6H3. The first-order valence-electron chi connectivity index (χ1n) is 14.1. The number of rotatable bonds is 4. The molecule has 0 N–H and O–H groups in total. The Hall–Kier alpha value is -3.00. The van der Waals surface area contributed by atoms with Crippen LogP contribution in [0.15, 0.2) is 35.7 Å². The van der Waals surface area contributed by atoms with Crippen LogP contribution >= 0.6 is 11.3 Å². The molecule has 7 nitrogen and oxygen atoms in total. The van der Waals surface area contributed by atoms with Gasteiger partial charge < -0.3 is 14.5 Å². The van der Waals surface area contributed by atoms with E-state index in [2.05, 4.69) is 35.5 Å². The van der Waals surface area contributed by atoms with Crippen LogP contribution in [-0.4, -0.2) is 62.5 Å². The molecule has 39 heavy (non-hydrogen) atoms. The minimum absolute atomic E-state index is 0.0107. The molecular weight excluding hydrogens is 508 g/mol. The number of aromatic nitrogens is 2. The number of amides is 2. The second-order valence-electron chi connectivity index (χ2n) is 12.9. The number of piperidine rings is 1. The molecule has 2 aromatic heterocycles. The SMILES string of the molecule is Cc1nc(C2CC2(C)c2ccc(C(=O)N(C)C3CC4CCC(C3)N4C(=O)OC(C)(C)C)cc2)c2ccsc2n1. The van der Waals surface area contributed by atoms with Crippen LogP contribution < -0.4 is 0 Å². The van der Waals surface area contributed by atoms with Gasteiger partial charge in [-0.15, -0.1) is 11.3 Å². The highest BCUT2D eigenvalue weighted by Crippen LogP contribution is 2.60. The van der Waals surface area contributed by atoms with Crippen LogP contribution in [0, 0.1) is 6.92 Å². The normalized spacial score (nSPS) is 28.0. The van der Waals surface area contributed by atoms with Gasteiger partial charge in [0.15, 0.2) is 0 Å². The highest BCUT2D eigenvalue weighted by Gasteiger charge is 2.53. The summed E-state index contributed by atoms with van der Waals surface area (Å²) in [5.41, 5.74) is 2.61. The number of hydrogen-bond acceptors (Lipinski definition) is 6. The fourth-order valence-electron chi connectivity index (χ4n) is 6.78. The van der Waals surface area contributed by atoms with Crippen molar-refractivity contribution in [3.05, 3.63) is 58.4 Å². The summed E-state index contributed by atoms with van der Waals surface area (Å²) in [4.78, 5) is 40.6. The van der Waals surface area contributed by atoms with Crippen LogP contribution in [0.5, 0.6) is 0 Å². The van der Waals surface area contributed by atoms with E-state index in [1.807, 2.05) is 56.7 Å². The van der Waals surface area contributed by atoms with Gasteiger partial charge in [-0.3, -0.25) is 4.79 Å². The van der Waals surface area contributed by atoms with Crippen LogP contribution in [-0.2, 0) is 10.2 Å². The van der Waals surface area contributed by atoms with Crippen molar-refractivity contribution in [1.82, 2.24) is 19.8 Å². The molecule has 4 unspecified atom stereocenters. The summed E-state index contributed by atoms with van der Waals surface area (Å²) in [7, 11) is 1.91. The molecular formula is C31H38N4O3S. The zero-order valence-electron chi connectivity index (χ0n) is 23.7. The quantitative estimate of drug-likeness (QED) is 0.376. The zero-order chi connectivity index (χ0) is 27.7. The third kappa shape index (κ3) is 4.71. The summed E-state index contributed by atoms with van der Waals surface area (Å²) in [6.07, 6.45) is 4.36. The van der Waals surface area contributed by atoms with E-state index in [0.29, 0.717) is 11.5 Å². The Morgan fingerprint density at radius 1 is 1.08 bits per heavy atom. The number of ether oxygens (including phenoxy) is 1. The summed E-state index contributed by atoms with van der Waals surface area (Å²) in [5.74, 6) is 1.22. The van der Waals surface area contributed by atoms with Gasteiger partial charge in [0.2, 0.25) is 0 Å². The fourth-order valence-corrected chi connectivity index (χ4v) is 7.60. The molecule has 2 saturated heterocycles. The van der Waals surface area contributed by atoms with Gasteiger partial charge in [-0.25, -0.2) is 14.8 Å². The molecule has 206 valence electrons. The number of carbonyl (C=O) groups is 2. The third-order valence-corrected chi connectivity index (χ3v) is 9.81. The first kappa shape index (κ1) is 26.2. The molecule has 6 rings (SSSR count). The van der Waals surface area contributed by atoms with Crippen molar-refractivity contribution < 1.29 is 14.3 Å². The first-order chi connectivity index (χ1) is 18.4. The van der Waals surface area contributed by atoms with E-state index < -0.39 is 5.60 Å². The van der Waals surface area contributed by atoms with E-state index in [4.69, 9.17) is 9.72 Å². The lowest BCUT2D eigenvalue weighted by Gasteiger charge is -2.42. The average molecular weight is 547 g/mol. The number of hydrogen-bond donors (Lipinski definition) is 0. The van der Waals surface area contributed by atoms with Gasteiger partial charge in [-0.05, 0) is 88.9 Å². The van der Waals surface area contributed by atoms with Crippen LogP contribution in [0.2, 0.25) is 0 Å². The molecule has 2 bridgehead atoms. The van der Waals surface area contributed by atoms with E-state index in [1.165, 1.54) is 10.9 Å². The Bertz CT molecular complexity index is 1410. The Morgan fingerprint density at radius 2 is 1.74 bits per heavy atom. The second kappa shape index (κ2) is 9.29. The van der Waals surface area contributed by atoms with Gasteiger partial charge in [0, 0.05) is 47.5 Å². The Kier molecular flexibility index (Phi) is 6.25. The molecule has 1 aliphatic carbocycles. The van der Waals surface area contributed by atoms with Gasteiger partial charge in [-0.1, -0.05) is 19.1 Å². The largest absolute Gasteiger partial charge is 0.444 e. The maximum absolute atomic E-state index is 13.5. The van der Waals surface area contributed by atoms with E-state index >= 15 is 0 Å². The Labute approximate surface area is 234 Å². The van der Waals surface area contributed by atoms with E-state index in [0.717, 1.165) is 48.5 Å². The van der Waals surface area contributed by atoms with Crippen LogP contribution in [0.1, 0.15) is 93.2 Å². The molecule has 8 heteroatoms. The summed E-state index contributed by atoms with van der Waals surface area (Å²) >= 11 is 1.66. The molecule has 0 radical (unpaired) electrons. The van der Waals surface area contributed by atoms with Crippen molar-refractivity contribution >= 4 is 33.6 Å². The monoisotopic (exact) mass is 546 g/mol. The molecule has 1 saturated carbocycles. The summed E-state index contributed by atoms with van der Waals surface area (Å²) in [5, 5.41) is 3.26. The van der Waals surface area contributed by atoms with Crippen molar-refractivity contribution in [3.63, 3.8) is 0 Å². The third-order valence-electron chi connectivity index (χ3n) is 9.01. The van der Waals surface area contributed by atoms with E-state index in [1.54, 1.807) is 11.3 Å². The van der Waals surface area contributed by atoms with Crippen molar-refractivity contribution in [1.29, 1.82) is 0 Å². The molecule has 3 fully saturated rings. The van der Waals surface area contributed by atoms with Crippen LogP contribution in [0.25, 0.3) is 10.2 Å². The minimum Gasteiger partial charge on any atom is -0.444 e. The lowest BCUT2D eigenvalue weighted by molar-refractivity contribution is -0.00112. The van der Waals surface area contributed by atoms with E-state index in [9.17, 15) is 9.59 Å². The topological polar surface area (TPSA) is 75.6 Å². The number of carbonyl (C=O) groups excluding carboxylic acids is 2. The first-order valence-corrected chi connectivity index (χ1v) is 14.9. The Morgan fingerprint density at radius 3 is 2.38 bits per heavy atom. The fraction of sp³-hybridized carbons (Fsp3) is 0.548. The molecule has 1 aromatic carbocycles. The van der Waals surface area contributed by atoms with Gasteiger partial charge >= 0.3 is 6.09 Å². The smallest absolute Gasteiger partial charge is 0.410 e. The highest BCUT2D eigenvalue weighted by atomic mass is 32.1. The van der Waals surface area contributed by atoms with Crippen LogP contribution in [0.3, 0.4) is 0 Å². The van der Waals surface area contributed by atoms with Gasteiger partial charge in [0.25, 0.3) is 5.91 Å². The molecule has 3 aromatic rings. The molecule has 3 aliphatic rings. The van der Waals surface area contributed by atoms with Gasteiger partial charge in [0.05, 0.1) is 5.69 Å². The maximum Gasteiger partial charge on any atom is 0.410 e. The number of fused-ring (bicyclic) bond motifs is 3. The predicted molar refractivity (Wildman–Crippen MR) is 153 cm³/mol. The molecule has 4 heterocycles. The molecule has 4 atom stereocenters. The summed E-state index contributed by atoms with van der Waals surface area (Å²) in [6, 6.07) is 10.7. The number of aryl methyl sites for hydroxylation is 1. The van der Waals surface area contributed by atoms with Gasteiger partial charge in [-0.2, -0.15) is 0 Å². The maximum atomic E-state index is 13.5. The molecule has 0 spiro atoms. The second-order valence-corrected chi connectivity index (χ2v) is 13.8. The number of benzene rings is 1. The molecule has 2 amide bonds. The van der Waals surface area contributed by atoms with Crippen molar-refractivity contribution in [2.75, 3.05) is 7.05 Å². The molecule has 2 aliphatic heterocycles. The summed E-state index contributed by atoms with van der Waals surface area (Å²) < 4.78 is 5.67. The number of thiophene rings is 1.